The van der Waals surface area contributed by atoms with Gasteiger partial charge in [-0.25, -0.2) is 0 Å². The van der Waals surface area contributed by atoms with Crippen molar-refractivity contribution < 1.29 is 9.59 Å². The summed E-state index contributed by atoms with van der Waals surface area (Å²) in [5, 5.41) is 0. The third-order valence-corrected chi connectivity index (χ3v) is 6.77. The van der Waals surface area contributed by atoms with Gasteiger partial charge in [0, 0.05) is 0 Å². The number of imide groups is 1. The first kappa shape index (κ1) is 18.8. The maximum Gasteiger partial charge on any atom is 0.238 e. The third kappa shape index (κ3) is 3.06. The van der Waals surface area contributed by atoms with Gasteiger partial charge in [-0.1, -0.05) is 72.8 Å². The van der Waals surface area contributed by atoms with Crippen molar-refractivity contribution >= 4 is 17.5 Å². The summed E-state index contributed by atoms with van der Waals surface area (Å²) in [5.41, 5.74) is 4.05. The quantitative estimate of drug-likeness (QED) is 0.552. The molecule has 0 spiro atoms. The zero-order valence-electron chi connectivity index (χ0n) is 17.1. The summed E-state index contributed by atoms with van der Waals surface area (Å²) < 4.78 is 0. The van der Waals surface area contributed by atoms with Gasteiger partial charge >= 0.3 is 0 Å². The summed E-state index contributed by atoms with van der Waals surface area (Å²) >= 11 is 0. The molecular weight excluding hydrogens is 370 g/mol. The number of carbonyl (C=O) groups excluding carboxylic acids is 2. The van der Waals surface area contributed by atoms with Crippen molar-refractivity contribution in [1.29, 1.82) is 0 Å². The Balaban J connectivity index is 1.61. The van der Waals surface area contributed by atoms with E-state index >= 15 is 0 Å². The molecule has 2 aliphatic rings. The Morgan fingerprint density at radius 3 is 1.63 bits per heavy atom. The van der Waals surface area contributed by atoms with Gasteiger partial charge in [0.05, 0.1) is 17.5 Å². The van der Waals surface area contributed by atoms with Gasteiger partial charge in [0.2, 0.25) is 11.8 Å². The van der Waals surface area contributed by atoms with Crippen LogP contribution in [0.5, 0.6) is 0 Å². The van der Waals surface area contributed by atoms with E-state index in [0.717, 1.165) is 29.5 Å². The van der Waals surface area contributed by atoms with E-state index in [2.05, 4.69) is 24.3 Å². The normalized spacial score (nSPS) is 26.0. The van der Waals surface area contributed by atoms with Crippen molar-refractivity contribution in [3.8, 4) is 0 Å². The van der Waals surface area contributed by atoms with E-state index in [1.165, 1.54) is 4.90 Å². The minimum atomic E-state index is -0.320. The van der Waals surface area contributed by atoms with E-state index in [1.807, 2.05) is 67.6 Å². The zero-order valence-corrected chi connectivity index (χ0v) is 17.1. The van der Waals surface area contributed by atoms with E-state index in [4.69, 9.17) is 0 Å². The second kappa shape index (κ2) is 7.56. The molecule has 1 saturated carbocycles. The van der Waals surface area contributed by atoms with Gasteiger partial charge in [-0.05, 0) is 60.4 Å². The summed E-state index contributed by atoms with van der Waals surface area (Å²) in [4.78, 5) is 28.9. The summed E-state index contributed by atoms with van der Waals surface area (Å²) in [6.45, 7) is 1.99. The molecule has 0 aromatic heterocycles. The number of fused-ring (bicyclic) bond motifs is 1. The number of amides is 2. The van der Waals surface area contributed by atoms with Gasteiger partial charge in [0.25, 0.3) is 0 Å². The lowest BCUT2D eigenvalue weighted by Crippen LogP contribution is -2.34. The van der Waals surface area contributed by atoms with E-state index < -0.39 is 0 Å². The molecular formula is C27H25NO2. The molecule has 30 heavy (non-hydrogen) atoms. The minimum Gasteiger partial charge on any atom is -0.274 e. The van der Waals surface area contributed by atoms with Gasteiger partial charge in [-0.3, -0.25) is 14.5 Å². The first-order valence-electron chi connectivity index (χ1n) is 10.7. The highest BCUT2D eigenvalue weighted by molar-refractivity contribution is 6.22. The Morgan fingerprint density at radius 2 is 1.17 bits per heavy atom. The summed E-state index contributed by atoms with van der Waals surface area (Å²) in [7, 11) is 0. The highest BCUT2D eigenvalue weighted by atomic mass is 16.2. The van der Waals surface area contributed by atoms with Crippen LogP contribution in [0, 0.1) is 18.8 Å². The first-order valence-corrected chi connectivity index (χ1v) is 10.7. The fourth-order valence-corrected chi connectivity index (χ4v) is 5.45. The molecule has 0 bridgehead atoms. The van der Waals surface area contributed by atoms with Crippen LogP contribution in [-0.2, 0) is 9.59 Å². The molecule has 0 radical (unpaired) electrons. The van der Waals surface area contributed by atoms with Gasteiger partial charge in [-0.2, -0.15) is 0 Å². The van der Waals surface area contributed by atoms with Gasteiger partial charge in [0.15, 0.2) is 0 Å². The van der Waals surface area contributed by atoms with Crippen LogP contribution in [0.15, 0.2) is 84.9 Å². The van der Waals surface area contributed by atoms with E-state index in [0.29, 0.717) is 5.69 Å². The van der Waals surface area contributed by atoms with Crippen LogP contribution < -0.4 is 4.90 Å². The number of hydrogen-bond donors (Lipinski definition) is 0. The molecule has 5 rings (SSSR count). The number of nitrogens with zero attached hydrogens (tertiary/aromatic N) is 1. The highest BCUT2D eigenvalue weighted by Gasteiger charge is 2.56. The summed E-state index contributed by atoms with van der Waals surface area (Å²) in [6.07, 6.45) is 1.82. The van der Waals surface area contributed by atoms with Crippen molar-refractivity contribution in [3.05, 3.63) is 102 Å². The maximum absolute atomic E-state index is 13.7. The van der Waals surface area contributed by atoms with Crippen molar-refractivity contribution in [3.63, 3.8) is 0 Å². The molecule has 1 aliphatic heterocycles. The molecule has 4 atom stereocenters. The maximum atomic E-state index is 13.7. The Hall–Kier alpha value is -3.20. The van der Waals surface area contributed by atoms with Crippen molar-refractivity contribution in [2.75, 3.05) is 4.90 Å². The molecule has 0 unspecified atom stereocenters. The lowest BCUT2D eigenvalue weighted by molar-refractivity contribution is -0.122. The molecule has 1 aliphatic carbocycles. The fraction of sp³-hybridized carbons (Fsp3) is 0.259. The van der Waals surface area contributed by atoms with Crippen LogP contribution >= 0.6 is 0 Å². The van der Waals surface area contributed by atoms with Crippen LogP contribution in [0.1, 0.15) is 41.4 Å². The largest absolute Gasteiger partial charge is 0.274 e. The lowest BCUT2D eigenvalue weighted by atomic mass is 9.64. The van der Waals surface area contributed by atoms with Crippen LogP contribution in [0.25, 0.3) is 0 Å². The topological polar surface area (TPSA) is 37.4 Å². The fourth-order valence-electron chi connectivity index (χ4n) is 5.45. The Kier molecular flexibility index (Phi) is 4.74. The minimum absolute atomic E-state index is 0.0508. The monoisotopic (exact) mass is 395 g/mol. The number of carbonyl (C=O) groups is 2. The Bertz CT molecular complexity index is 1010. The number of hydrogen-bond acceptors (Lipinski definition) is 2. The predicted octanol–water partition coefficient (Wildman–Crippen LogP) is 5.46. The number of anilines is 1. The molecule has 3 aromatic rings. The summed E-state index contributed by atoms with van der Waals surface area (Å²) in [6, 6.07) is 28.2. The zero-order chi connectivity index (χ0) is 20.7. The first-order chi connectivity index (χ1) is 14.6. The average Bonchev–Trinajstić information content (AvgIpc) is 3.05. The van der Waals surface area contributed by atoms with Gasteiger partial charge in [0.1, 0.15) is 0 Å². The molecule has 3 heteroatoms. The Morgan fingerprint density at radius 1 is 0.667 bits per heavy atom. The predicted molar refractivity (Wildman–Crippen MR) is 118 cm³/mol. The van der Waals surface area contributed by atoms with Crippen LogP contribution in [-0.4, -0.2) is 11.8 Å². The lowest BCUT2D eigenvalue weighted by Gasteiger charge is -2.37. The second-order valence-corrected chi connectivity index (χ2v) is 8.51. The van der Waals surface area contributed by atoms with Crippen LogP contribution in [0.2, 0.25) is 0 Å². The Labute approximate surface area is 177 Å². The molecule has 3 nitrogen and oxygen atoms in total. The molecule has 150 valence electrons. The van der Waals surface area contributed by atoms with Crippen molar-refractivity contribution in [2.24, 2.45) is 11.8 Å². The molecule has 2 fully saturated rings. The van der Waals surface area contributed by atoms with Crippen LogP contribution in [0.3, 0.4) is 0 Å². The number of aryl methyl sites for hydroxylation is 1. The molecule has 2 amide bonds. The molecule has 3 aromatic carbocycles. The van der Waals surface area contributed by atoms with E-state index in [1.54, 1.807) is 0 Å². The standard InChI is InChI=1S/C27H25NO2/c1-18-9-8-14-21(17-18)28-26(29)24-22(19-10-4-2-5-11-19)15-16-23(25(24)27(28)30)20-12-6-3-7-13-20/h2-14,17,22-25H,15-16H2,1H3/t22-,23+,24-,25+. The average molecular weight is 396 g/mol. The smallest absolute Gasteiger partial charge is 0.238 e. The van der Waals surface area contributed by atoms with E-state index in [-0.39, 0.29) is 35.5 Å². The van der Waals surface area contributed by atoms with E-state index in [9.17, 15) is 9.59 Å². The molecule has 0 N–H and O–H groups in total. The van der Waals surface area contributed by atoms with Crippen molar-refractivity contribution in [1.82, 2.24) is 0 Å². The highest BCUT2D eigenvalue weighted by Crippen LogP contribution is 2.53. The van der Waals surface area contributed by atoms with Gasteiger partial charge in [-0.15, -0.1) is 0 Å². The van der Waals surface area contributed by atoms with Crippen LogP contribution in [0.4, 0.5) is 5.69 Å². The van der Waals surface area contributed by atoms with Gasteiger partial charge < -0.3 is 0 Å². The molecule has 1 saturated heterocycles. The SMILES string of the molecule is Cc1cccc(N2C(=O)[C@@H]3[C@H](C2=O)[C@@H](c2ccccc2)CC[C@H]3c2ccccc2)c1. The number of benzene rings is 3. The summed E-state index contributed by atoms with van der Waals surface area (Å²) in [5.74, 6) is -0.598. The third-order valence-electron chi connectivity index (χ3n) is 6.77. The molecule has 1 heterocycles. The van der Waals surface area contributed by atoms with Crippen molar-refractivity contribution in [2.45, 2.75) is 31.6 Å². The second-order valence-electron chi connectivity index (χ2n) is 8.51. The number of rotatable bonds is 3.